The number of rotatable bonds is 8. The van der Waals surface area contributed by atoms with Crippen LogP contribution >= 0.6 is 0 Å². The Balaban J connectivity index is 1.48. The van der Waals surface area contributed by atoms with Crippen molar-refractivity contribution in [3.8, 4) is 5.75 Å². The molecule has 2 heterocycles. The maximum absolute atomic E-state index is 12.2. The molecule has 0 spiro atoms. The summed E-state index contributed by atoms with van der Waals surface area (Å²) < 4.78 is 5.82. The van der Waals surface area contributed by atoms with Gasteiger partial charge in [0, 0.05) is 12.6 Å². The molecule has 1 aromatic carbocycles. The molecule has 1 saturated heterocycles. The van der Waals surface area contributed by atoms with E-state index in [4.69, 9.17) is 4.74 Å². The number of aromatic nitrogens is 1. The van der Waals surface area contributed by atoms with Gasteiger partial charge in [0.1, 0.15) is 12.4 Å². The van der Waals surface area contributed by atoms with Crippen molar-refractivity contribution in [2.45, 2.75) is 38.8 Å². The fourth-order valence-electron chi connectivity index (χ4n) is 3.21. The van der Waals surface area contributed by atoms with Crippen molar-refractivity contribution in [1.29, 1.82) is 0 Å². The van der Waals surface area contributed by atoms with Gasteiger partial charge < -0.3 is 15.4 Å². The SMILES string of the molecule is CC(NC(=O)CCC1CCNC1)c1cccc(OCc2ccccn2)c1. The van der Waals surface area contributed by atoms with Crippen molar-refractivity contribution in [2.75, 3.05) is 13.1 Å². The molecule has 2 unspecified atom stereocenters. The number of ether oxygens (including phenoxy) is 1. The Bertz CT molecular complexity index is 699. The molecule has 0 bridgehead atoms. The molecule has 1 aliphatic rings. The summed E-state index contributed by atoms with van der Waals surface area (Å²) in [5.74, 6) is 1.54. The summed E-state index contributed by atoms with van der Waals surface area (Å²) in [4.78, 5) is 16.5. The minimum atomic E-state index is -0.0393. The zero-order valence-corrected chi connectivity index (χ0v) is 15.3. The van der Waals surface area contributed by atoms with E-state index in [1.807, 2.05) is 49.4 Å². The summed E-state index contributed by atoms with van der Waals surface area (Å²) in [6.07, 6.45) is 4.48. The van der Waals surface area contributed by atoms with Crippen LogP contribution in [0.3, 0.4) is 0 Å². The maximum Gasteiger partial charge on any atom is 0.220 e. The van der Waals surface area contributed by atoms with E-state index in [-0.39, 0.29) is 11.9 Å². The zero-order valence-electron chi connectivity index (χ0n) is 15.3. The van der Waals surface area contributed by atoms with E-state index in [1.54, 1.807) is 6.20 Å². The van der Waals surface area contributed by atoms with Crippen LogP contribution in [0.4, 0.5) is 0 Å². The van der Waals surface area contributed by atoms with Gasteiger partial charge in [0.25, 0.3) is 0 Å². The maximum atomic E-state index is 12.2. The third-order valence-corrected chi connectivity index (χ3v) is 4.79. The predicted octanol–water partition coefficient (Wildman–Crippen LogP) is 3.23. The number of hydrogen-bond donors (Lipinski definition) is 2. The number of nitrogens with one attached hydrogen (secondary N) is 2. The Labute approximate surface area is 155 Å². The predicted molar refractivity (Wildman–Crippen MR) is 102 cm³/mol. The first-order chi connectivity index (χ1) is 12.7. The highest BCUT2D eigenvalue weighted by atomic mass is 16.5. The lowest BCUT2D eigenvalue weighted by atomic mass is 10.0. The van der Waals surface area contributed by atoms with Gasteiger partial charge >= 0.3 is 0 Å². The van der Waals surface area contributed by atoms with Gasteiger partial charge in [-0.25, -0.2) is 0 Å². The van der Waals surface area contributed by atoms with Crippen LogP contribution in [0.25, 0.3) is 0 Å². The number of benzene rings is 1. The highest BCUT2D eigenvalue weighted by Gasteiger charge is 2.17. The molecule has 1 fully saturated rings. The Hall–Kier alpha value is -2.40. The van der Waals surface area contributed by atoms with Gasteiger partial charge in [-0.15, -0.1) is 0 Å². The molecule has 5 nitrogen and oxygen atoms in total. The third kappa shape index (κ3) is 5.56. The van der Waals surface area contributed by atoms with Crippen molar-refractivity contribution in [3.63, 3.8) is 0 Å². The van der Waals surface area contributed by atoms with Gasteiger partial charge in [0.2, 0.25) is 5.91 Å². The number of amides is 1. The normalized spacial score (nSPS) is 17.7. The monoisotopic (exact) mass is 353 g/mol. The lowest BCUT2D eigenvalue weighted by Gasteiger charge is -2.16. The Morgan fingerprint density at radius 1 is 1.35 bits per heavy atom. The van der Waals surface area contributed by atoms with E-state index in [2.05, 4.69) is 15.6 Å². The highest BCUT2D eigenvalue weighted by Crippen LogP contribution is 2.21. The summed E-state index contributed by atoms with van der Waals surface area (Å²) in [6.45, 7) is 4.56. The minimum absolute atomic E-state index is 0.0393. The van der Waals surface area contributed by atoms with Crippen molar-refractivity contribution in [2.24, 2.45) is 5.92 Å². The molecule has 2 atom stereocenters. The largest absolute Gasteiger partial charge is 0.487 e. The Kier molecular flexibility index (Phi) is 6.61. The van der Waals surface area contributed by atoms with Crippen LogP contribution in [-0.2, 0) is 11.4 Å². The van der Waals surface area contributed by atoms with Crippen molar-refractivity contribution in [3.05, 3.63) is 59.9 Å². The average Bonchev–Trinajstić information content (AvgIpc) is 3.19. The molecule has 26 heavy (non-hydrogen) atoms. The van der Waals surface area contributed by atoms with Gasteiger partial charge in [-0.2, -0.15) is 0 Å². The summed E-state index contributed by atoms with van der Waals surface area (Å²) in [5.41, 5.74) is 1.93. The van der Waals surface area contributed by atoms with Gasteiger partial charge in [-0.05, 0) is 68.6 Å². The van der Waals surface area contributed by atoms with Gasteiger partial charge in [-0.3, -0.25) is 9.78 Å². The van der Waals surface area contributed by atoms with Crippen LogP contribution in [0.1, 0.15) is 43.5 Å². The first-order valence-corrected chi connectivity index (χ1v) is 9.33. The molecule has 0 saturated carbocycles. The molecule has 0 radical (unpaired) electrons. The topological polar surface area (TPSA) is 63.2 Å². The number of nitrogens with zero attached hydrogens (tertiary/aromatic N) is 1. The molecule has 3 rings (SSSR count). The molecule has 1 aromatic heterocycles. The van der Waals surface area contributed by atoms with Gasteiger partial charge in [0.05, 0.1) is 11.7 Å². The second-order valence-electron chi connectivity index (χ2n) is 6.87. The second-order valence-corrected chi connectivity index (χ2v) is 6.87. The molecular formula is C21H27N3O2. The average molecular weight is 353 g/mol. The fraction of sp³-hybridized carbons (Fsp3) is 0.429. The van der Waals surface area contributed by atoms with Crippen LogP contribution in [0.15, 0.2) is 48.7 Å². The molecule has 2 N–H and O–H groups in total. The van der Waals surface area contributed by atoms with Crippen LogP contribution in [0.2, 0.25) is 0 Å². The summed E-state index contributed by atoms with van der Waals surface area (Å²) in [6, 6.07) is 13.6. The summed E-state index contributed by atoms with van der Waals surface area (Å²) in [7, 11) is 0. The number of pyridine rings is 1. The highest BCUT2D eigenvalue weighted by molar-refractivity contribution is 5.76. The van der Waals surface area contributed by atoms with Crippen molar-refractivity contribution >= 4 is 5.91 Å². The van der Waals surface area contributed by atoms with Gasteiger partial charge in [-0.1, -0.05) is 18.2 Å². The Morgan fingerprint density at radius 2 is 2.27 bits per heavy atom. The molecule has 138 valence electrons. The number of carbonyl (C=O) groups is 1. The smallest absolute Gasteiger partial charge is 0.220 e. The van der Waals surface area contributed by atoms with Crippen LogP contribution in [0.5, 0.6) is 5.75 Å². The van der Waals surface area contributed by atoms with Crippen LogP contribution in [0, 0.1) is 5.92 Å². The van der Waals surface area contributed by atoms with Crippen LogP contribution < -0.4 is 15.4 Å². The number of hydrogen-bond acceptors (Lipinski definition) is 4. The van der Waals surface area contributed by atoms with E-state index in [1.165, 1.54) is 6.42 Å². The van der Waals surface area contributed by atoms with Gasteiger partial charge in [0.15, 0.2) is 0 Å². The second kappa shape index (κ2) is 9.34. The van der Waals surface area contributed by atoms with E-state index >= 15 is 0 Å². The van der Waals surface area contributed by atoms with E-state index in [0.29, 0.717) is 18.9 Å². The quantitative estimate of drug-likeness (QED) is 0.765. The van der Waals surface area contributed by atoms with Crippen LogP contribution in [-0.4, -0.2) is 24.0 Å². The first kappa shape index (κ1) is 18.4. The molecule has 0 aliphatic carbocycles. The lowest BCUT2D eigenvalue weighted by Crippen LogP contribution is -2.27. The summed E-state index contributed by atoms with van der Waals surface area (Å²) >= 11 is 0. The van der Waals surface area contributed by atoms with Crippen molar-refractivity contribution in [1.82, 2.24) is 15.6 Å². The molecule has 5 heteroatoms. The summed E-state index contributed by atoms with van der Waals surface area (Å²) in [5, 5.41) is 6.44. The fourth-order valence-corrected chi connectivity index (χ4v) is 3.21. The van der Waals surface area contributed by atoms with E-state index in [0.717, 1.165) is 36.5 Å². The standard InChI is InChI=1S/C21H27N3O2/c1-16(24-21(25)9-8-17-10-12-22-14-17)18-5-4-7-20(13-18)26-15-19-6-2-3-11-23-19/h2-7,11,13,16-17,22H,8-10,12,14-15H2,1H3,(H,24,25). The Morgan fingerprint density at radius 3 is 3.04 bits per heavy atom. The first-order valence-electron chi connectivity index (χ1n) is 9.33. The molecule has 1 amide bonds. The molecular weight excluding hydrogens is 326 g/mol. The molecule has 1 aliphatic heterocycles. The van der Waals surface area contributed by atoms with E-state index in [9.17, 15) is 4.79 Å². The zero-order chi connectivity index (χ0) is 18.2. The third-order valence-electron chi connectivity index (χ3n) is 4.79. The number of carbonyl (C=O) groups excluding carboxylic acids is 1. The minimum Gasteiger partial charge on any atom is -0.487 e. The van der Waals surface area contributed by atoms with E-state index < -0.39 is 0 Å². The van der Waals surface area contributed by atoms with Crippen molar-refractivity contribution < 1.29 is 9.53 Å². The lowest BCUT2D eigenvalue weighted by molar-refractivity contribution is -0.122. The molecule has 2 aromatic rings.